The van der Waals surface area contributed by atoms with Gasteiger partial charge in [0.15, 0.2) is 0 Å². The zero-order chi connectivity index (χ0) is 13.2. The third kappa shape index (κ3) is 4.07. The van der Waals surface area contributed by atoms with Crippen molar-refractivity contribution in [1.29, 1.82) is 0 Å². The molecule has 0 saturated heterocycles. The molecule has 0 radical (unpaired) electrons. The Labute approximate surface area is 112 Å². The largest absolute Gasteiger partial charge is 0.416 e. The third-order valence-corrected chi connectivity index (χ3v) is 2.98. The van der Waals surface area contributed by atoms with E-state index in [9.17, 15) is 13.2 Å². The molecule has 0 aliphatic heterocycles. The number of hydrogen-bond acceptors (Lipinski definition) is 1. The maximum Gasteiger partial charge on any atom is 0.416 e. The van der Waals surface area contributed by atoms with Crippen LogP contribution in [0.5, 0.6) is 0 Å². The van der Waals surface area contributed by atoms with Gasteiger partial charge < -0.3 is 4.90 Å². The van der Waals surface area contributed by atoms with Gasteiger partial charge in [-0.2, -0.15) is 13.2 Å². The molecule has 0 N–H and O–H groups in total. The Balaban J connectivity index is 2.98. The van der Waals surface area contributed by atoms with E-state index >= 15 is 0 Å². The Kier molecular flexibility index (Phi) is 4.72. The number of halogens is 5. The molecule has 1 nitrogen and oxygen atoms in total. The normalized spacial score (nSPS) is 13.6. The van der Waals surface area contributed by atoms with Crippen molar-refractivity contribution in [1.82, 2.24) is 0 Å². The standard InChI is InChI=1S/C11H12BrClF3N/c1-7(13)6-17(2)10-4-3-8(5-9(10)12)11(14,15)16/h3-5,7H,6H2,1-2H3. The molecule has 0 aliphatic rings. The molecule has 1 atom stereocenters. The maximum atomic E-state index is 12.5. The number of rotatable bonds is 3. The molecule has 0 amide bonds. The molecule has 1 aromatic carbocycles. The van der Waals surface area contributed by atoms with E-state index in [0.29, 0.717) is 16.7 Å². The summed E-state index contributed by atoms with van der Waals surface area (Å²) < 4.78 is 37.8. The number of alkyl halides is 4. The van der Waals surface area contributed by atoms with Gasteiger partial charge in [0, 0.05) is 23.4 Å². The van der Waals surface area contributed by atoms with Crippen molar-refractivity contribution in [2.75, 3.05) is 18.5 Å². The van der Waals surface area contributed by atoms with Crippen LogP contribution in [0, 0.1) is 0 Å². The molecule has 6 heteroatoms. The molecular formula is C11H12BrClF3N. The monoisotopic (exact) mass is 329 g/mol. The second-order valence-electron chi connectivity index (χ2n) is 3.83. The summed E-state index contributed by atoms with van der Waals surface area (Å²) in [5.41, 5.74) is 0.0194. The maximum absolute atomic E-state index is 12.5. The van der Waals surface area contributed by atoms with Crippen LogP contribution in [-0.4, -0.2) is 19.0 Å². The number of nitrogens with zero attached hydrogens (tertiary/aromatic N) is 1. The van der Waals surface area contributed by atoms with E-state index in [1.807, 2.05) is 11.8 Å². The summed E-state index contributed by atoms with van der Waals surface area (Å²) in [6.07, 6.45) is -4.32. The van der Waals surface area contributed by atoms with Crippen molar-refractivity contribution >= 4 is 33.2 Å². The lowest BCUT2D eigenvalue weighted by Gasteiger charge is -2.22. The van der Waals surface area contributed by atoms with Gasteiger partial charge in [0.1, 0.15) is 0 Å². The topological polar surface area (TPSA) is 3.24 Å². The van der Waals surface area contributed by atoms with Crippen LogP contribution < -0.4 is 4.90 Å². The molecule has 0 spiro atoms. The fourth-order valence-corrected chi connectivity index (χ4v) is 2.36. The molecule has 1 unspecified atom stereocenters. The first-order valence-electron chi connectivity index (χ1n) is 4.93. The van der Waals surface area contributed by atoms with E-state index in [-0.39, 0.29) is 5.38 Å². The van der Waals surface area contributed by atoms with Crippen LogP contribution in [0.2, 0.25) is 0 Å². The second kappa shape index (κ2) is 5.48. The van der Waals surface area contributed by atoms with Crippen LogP contribution in [0.3, 0.4) is 0 Å². The molecule has 1 rings (SSSR count). The Bertz CT molecular complexity index is 393. The fraction of sp³-hybridized carbons (Fsp3) is 0.455. The van der Waals surface area contributed by atoms with Crippen molar-refractivity contribution in [3.8, 4) is 0 Å². The Hall–Kier alpha value is -0.420. The molecular weight excluding hydrogens is 318 g/mol. The summed E-state index contributed by atoms with van der Waals surface area (Å²) in [5, 5.41) is -0.0748. The minimum Gasteiger partial charge on any atom is -0.372 e. The van der Waals surface area contributed by atoms with E-state index in [1.165, 1.54) is 6.07 Å². The van der Waals surface area contributed by atoms with E-state index < -0.39 is 11.7 Å². The van der Waals surface area contributed by atoms with Gasteiger partial charge in [-0.05, 0) is 41.1 Å². The number of benzene rings is 1. The lowest BCUT2D eigenvalue weighted by atomic mass is 10.2. The first-order chi connectivity index (χ1) is 7.71. The van der Waals surface area contributed by atoms with Crippen molar-refractivity contribution < 1.29 is 13.2 Å². The van der Waals surface area contributed by atoms with Gasteiger partial charge in [-0.3, -0.25) is 0 Å². The Morgan fingerprint density at radius 2 is 2.00 bits per heavy atom. The summed E-state index contributed by atoms with van der Waals surface area (Å²) >= 11 is 8.99. The van der Waals surface area contributed by atoms with Crippen molar-refractivity contribution in [2.45, 2.75) is 18.5 Å². The highest BCUT2D eigenvalue weighted by atomic mass is 79.9. The molecule has 1 aromatic rings. The molecule has 0 bridgehead atoms. The Morgan fingerprint density at radius 3 is 2.41 bits per heavy atom. The fourth-order valence-electron chi connectivity index (χ4n) is 1.47. The van der Waals surface area contributed by atoms with Crippen LogP contribution in [0.1, 0.15) is 12.5 Å². The van der Waals surface area contributed by atoms with Gasteiger partial charge >= 0.3 is 6.18 Å². The smallest absolute Gasteiger partial charge is 0.372 e. The highest BCUT2D eigenvalue weighted by molar-refractivity contribution is 9.10. The van der Waals surface area contributed by atoms with Gasteiger partial charge in [-0.25, -0.2) is 0 Å². The minimum absolute atomic E-state index is 0.0748. The van der Waals surface area contributed by atoms with Crippen molar-refractivity contribution in [3.05, 3.63) is 28.2 Å². The molecule has 0 aromatic heterocycles. The van der Waals surface area contributed by atoms with E-state index in [4.69, 9.17) is 11.6 Å². The summed E-state index contributed by atoms with van der Waals surface area (Å²) in [5.74, 6) is 0. The molecule has 0 fully saturated rings. The summed E-state index contributed by atoms with van der Waals surface area (Å²) in [4.78, 5) is 1.81. The lowest BCUT2D eigenvalue weighted by Crippen LogP contribution is -2.24. The first-order valence-corrected chi connectivity index (χ1v) is 6.16. The summed E-state index contributed by atoms with van der Waals surface area (Å²) in [6.45, 7) is 2.39. The van der Waals surface area contributed by atoms with Gasteiger partial charge in [-0.15, -0.1) is 11.6 Å². The SMILES string of the molecule is CC(Cl)CN(C)c1ccc(C(F)(F)F)cc1Br. The van der Waals surface area contributed by atoms with Gasteiger partial charge in [-0.1, -0.05) is 0 Å². The van der Waals surface area contributed by atoms with Gasteiger partial charge in [0.2, 0.25) is 0 Å². The highest BCUT2D eigenvalue weighted by Crippen LogP contribution is 2.35. The quantitative estimate of drug-likeness (QED) is 0.736. The van der Waals surface area contributed by atoms with E-state index in [0.717, 1.165) is 12.1 Å². The van der Waals surface area contributed by atoms with Crippen LogP contribution in [0.25, 0.3) is 0 Å². The minimum atomic E-state index is -4.32. The number of anilines is 1. The summed E-state index contributed by atoms with van der Waals surface area (Å²) in [6, 6.07) is 3.58. The molecule has 0 saturated carbocycles. The van der Waals surface area contributed by atoms with Gasteiger partial charge in [0.05, 0.1) is 11.3 Å². The predicted molar refractivity (Wildman–Crippen MR) is 67.7 cm³/mol. The lowest BCUT2D eigenvalue weighted by molar-refractivity contribution is -0.137. The zero-order valence-electron chi connectivity index (χ0n) is 9.35. The van der Waals surface area contributed by atoms with E-state index in [1.54, 1.807) is 7.05 Å². The average Bonchev–Trinajstić information content (AvgIpc) is 2.14. The summed E-state index contributed by atoms with van der Waals surface area (Å²) in [7, 11) is 1.78. The second-order valence-corrected chi connectivity index (χ2v) is 5.42. The van der Waals surface area contributed by atoms with Crippen LogP contribution in [-0.2, 0) is 6.18 Å². The van der Waals surface area contributed by atoms with Crippen molar-refractivity contribution in [2.24, 2.45) is 0 Å². The van der Waals surface area contributed by atoms with Gasteiger partial charge in [0.25, 0.3) is 0 Å². The van der Waals surface area contributed by atoms with Crippen LogP contribution in [0.15, 0.2) is 22.7 Å². The molecule has 0 heterocycles. The van der Waals surface area contributed by atoms with E-state index in [2.05, 4.69) is 15.9 Å². The van der Waals surface area contributed by atoms with Crippen LogP contribution in [0.4, 0.5) is 18.9 Å². The third-order valence-electron chi connectivity index (χ3n) is 2.21. The molecule has 17 heavy (non-hydrogen) atoms. The molecule has 0 aliphatic carbocycles. The predicted octanol–water partition coefficient (Wildman–Crippen LogP) is 4.53. The zero-order valence-corrected chi connectivity index (χ0v) is 11.7. The number of hydrogen-bond donors (Lipinski definition) is 0. The van der Waals surface area contributed by atoms with Crippen molar-refractivity contribution in [3.63, 3.8) is 0 Å². The average molecular weight is 331 g/mol. The molecule has 96 valence electrons. The highest BCUT2D eigenvalue weighted by Gasteiger charge is 2.31. The van der Waals surface area contributed by atoms with Crippen LogP contribution >= 0.6 is 27.5 Å². The Morgan fingerprint density at radius 1 is 1.41 bits per heavy atom. The first kappa shape index (κ1) is 14.6.